The Labute approximate surface area is 108 Å². The lowest BCUT2D eigenvalue weighted by atomic mass is 9.98. The first-order valence-corrected chi connectivity index (χ1v) is 6.02. The summed E-state index contributed by atoms with van der Waals surface area (Å²) in [5.74, 6) is 0.825. The van der Waals surface area contributed by atoms with Crippen molar-refractivity contribution in [3.05, 3.63) is 23.4 Å². The van der Waals surface area contributed by atoms with E-state index in [1.807, 2.05) is 20.0 Å². The van der Waals surface area contributed by atoms with Gasteiger partial charge < -0.3 is 15.8 Å². The standard InChI is InChI=1S/C13H22N4O/c1-6-13(3,4)17(5)12-10(11(14)16-18)9(2)7-8-15-12/h7-8,18H,6H2,1-5H3,(H2,14,16). The van der Waals surface area contributed by atoms with Crippen LogP contribution < -0.4 is 10.6 Å². The molecule has 5 heteroatoms. The van der Waals surface area contributed by atoms with E-state index >= 15 is 0 Å². The van der Waals surface area contributed by atoms with E-state index < -0.39 is 0 Å². The summed E-state index contributed by atoms with van der Waals surface area (Å²) in [7, 11) is 1.97. The van der Waals surface area contributed by atoms with Crippen molar-refractivity contribution >= 4 is 11.7 Å². The van der Waals surface area contributed by atoms with Crippen molar-refractivity contribution in [2.75, 3.05) is 11.9 Å². The number of aryl methyl sites for hydroxylation is 1. The predicted molar refractivity (Wildman–Crippen MR) is 74.3 cm³/mol. The summed E-state index contributed by atoms with van der Waals surface area (Å²) in [5.41, 5.74) is 7.32. The quantitative estimate of drug-likeness (QED) is 0.371. The fraction of sp³-hybridized carbons (Fsp3) is 0.538. The van der Waals surface area contributed by atoms with E-state index in [0.717, 1.165) is 17.8 Å². The molecule has 0 spiro atoms. The maximum absolute atomic E-state index is 8.90. The number of amidine groups is 1. The number of nitrogens with zero attached hydrogens (tertiary/aromatic N) is 3. The topological polar surface area (TPSA) is 74.7 Å². The molecular weight excluding hydrogens is 228 g/mol. The number of hydrogen-bond acceptors (Lipinski definition) is 4. The van der Waals surface area contributed by atoms with E-state index in [1.165, 1.54) is 0 Å². The van der Waals surface area contributed by atoms with E-state index in [2.05, 4.69) is 35.8 Å². The second kappa shape index (κ2) is 5.25. The van der Waals surface area contributed by atoms with E-state index in [0.29, 0.717) is 5.56 Å². The molecule has 0 bridgehead atoms. The molecule has 0 aliphatic heterocycles. The number of anilines is 1. The smallest absolute Gasteiger partial charge is 0.174 e. The molecule has 1 heterocycles. The van der Waals surface area contributed by atoms with Gasteiger partial charge in [-0.05, 0) is 38.8 Å². The normalized spacial score (nSPS) is 12.6. The van der Waals surface area contributed by atoms with Gasteiger partial charge in [0.25, 0.3) is 0 Å². The molecule has 0 aromatic carbocycles. The molecule has 0 atom stereocenters. The van der Waals surface area contributed by atoms with E-state index in [1.54, 1.807) is 6.20 Å². The third-order valence-electron chi connectivity index (χ3n) is 3.59. The molecule has 0 saturated heterocycles. The third kappa shape index (κ3) is 2.55. The summed E-state index contributed by atoms with van der Waals surface area (Å²) in [5, 5.41) is 12.0. The minimum absolute atomic E-state index is 0.0503. The fourth-order valence-corrected chi connectivity index (χ4v) is 1.69. The number of nitrogens with two attached hydrogens (primary N) is 1. The largest absolute Gasteiger partial charge is 0.409 e. The van der Waals surface area contributed by atoms with Gasteiger partial charge in [-0.1, -0.05) is 12.1 Å². The summed E-state index contributed by atoms with van der Waals surface area (Å²) in [6.45, 7) is 8.31. The average molecular weight is 250 g/mol. The van der Waals surface area contributed by atoms with Crippen molar-refractivity contribution in [1.29, 1.82) is 0 Å². The molecule has 1 aromatic heterocycles. The molecule has 1 aromatic rings. The summed E-state index contributed by atoms with van der Waals surface area (Å²) in [4.78, 5) is 6.44. The van der Waals surface area contributed by atoms with Crippen LogP contribution in [0.1, 0.15) is 38.3 Å². The molecule has 0 saturated carbocycles. The monoisotopic (exact) mass is 250 g/mol. The molecule has 0 radical (unpaired) electrons. The van der Waals surface area contributed by atoms with Crippen LogP contribution in [0.3, 0.4) is 0 Å². The number of rotatable bonds is 4. The average Bonchev–Trinajstić information content (AvgIpc) is 2.36. The molecule has 1 rings (SSSR count). The van der Waals surface area contributed by atoms with Crippen molar-refractivity contribution in [3.8, 4) is 0 Å². The Morgan fingerprint density at radius 2 is 2.17 bits per heavy atom. The van der Waals surface area contributed by atoms with Crippen LogP contribution in [-0.4, -0.2) is 28.6 Å². The highest BCUT2D eigenvalue weighted by molar-refractivity contribution is 6.02. The van der Waals surface area contributed by atoms with E-state index in [4.69, 9.17) is 10.9 Å². The van der Waals surface area contributed by atoms with Crippen LogP contribution in [-0.2, 0) is 0 Å². The van der Waals surface area contributed by atoms with Crippen molar-refractivity contribution in [1.82, 2.24) is 4.98 Å². The van der Waals surface area contributed by atoms with Gasteiger partial charge in [0, 0.05) is 18.8 Å². The molecule has 0 aliphatic carbocycles. The van der Waals surface area contributed by atoms with Crippen LogP contribution in [0.15, 0.2) is 17.4 Å². The van der Waals surface area contributed by atoms with Gasteiger partial charge in [-0.3, -0.25) is 0 Å². The number of aromatic nitrogens is 1. The highest BCUT2D eigenvalue weighted by atomic mass is 16.4. The zero-order valence-corrected chi connectivity index (χ0v) is 11.7. The second-order valence-electron chi connectivity index (χ2n) is 5.04. The second-order valence-corrected chi connectivity index (χ2v) is 5.04. The lowest BCUT2D eigenvalue weighted by Gasteiger charge is -2.37. The van der Waals surface area contributed by atoms with Gasteiger partial charge in [0.15, 0.2) is 5.84 Å². The zero-order valence-electron chi connectivity index (χ0n) is 11.7. The summed E-state index contributed by atoms with van der Waals surface area (Å²) >= 11 is 0. The zero-order chi connectivity index (χ0) is 13.9. The van der Waals surface area contributed by atoms with Gasteiger partial charge in [-0.2, -0.15) is 0 Å². The summed E-state index contributed by atoms with van der Waals surface area (Å²) in [6, 6.07) is 1.85. The van der Waals surface area contributed by atoms with Crippen molar-refractivity contribution < 1.29 is 5.21 Å². The molecule has 0 fully saturated rings. The molecule has 0 amide bonds. The van der Waals surface area contributed by atoms with Gasteiger partial charge in [0.05, 0.1) is 5.56 Å². The van der Waals surface area contributed by atoms with Crippen molar-refractivity contribution in [2.45, 2.75) is 39.7 Å². The van der Waals surface area contributed by atoms with E-state index in [9.17, 15) is 0 Å². The van der Waals surface area contributed by atoms with Gasteiger partial charge in [-0.25, -0.2) is 4.98 Å². The Morgan fingerprint density at radius 1 is 1.56 bits per heavy atom. The Balaban J connectivity index is 3.38. The van der Waals surface area contributed by atoms with Gasteiger partial charge in [0.2, 0.25) is 0 Å². The molecule has 5 nitrogen and oxygen atoms in total. The lowest BCUT2D eigenvalue weighted by molar-refractivity contribution is 0.318. The molecular formula is C13H22N4O. The number of pyridine rings is 1. The Hall–Kier alpha value is -1.78. The highest BCUT2D eigenvalue weighted by Crippen LogP contribution is 2.27. The fourth-order valence-electron chi connectivity index (χ4n) is 1.69. The minimum Gasteiger partial charge on any atom is -0.409 e. The SMILES string of the molecule is CCC(C)(C)N(C)c1nccc(C)c1/C(N)=N/O. The Kier molecular flexibility index (Phi) is 4.16. The number of oxime groups is 1. The third-order valence-corrected chi connectivity index (χ3v) is 3.59. The van der Waals surface area contributed by atoms with Crippen LogP contribution in [0, 0.1) is 6.92 Å². The minimum atomic E-state index is -0.0503. The molecule has 100 valence electrons. The van der Waals surface area contributed by atoms with E-state index in [-0.39, 0.29) is 11.4 Å². The first-order chi connectivity index (χ1) is 8.35. The molecule has 3 N–H and O–H groups in total. The van der Waals surface area contributed by atoms with Crippen molar-refractivity contribution in [2.24, 2.45) is 10.9 Å². The first kappa shape index (κ1) is 14.3. The van der Waals surface area contributed by atoms with Gasteiger partial charge in [-0.15, -0.1) is 0 Å². The Bertz CT molecular complexity index is 454. The maximum atomic E-state index is 8.90. The molecule has 0 aliphatic rings. The molecule has 0 unspecified atom stereocenters. The summed E-state index contributed by atoms with van der Waals surface area (Å²) in [6.07, 6.45) is 2.70. The highest BCUT2D eigenvalue weighted by Gasteiger charge is 2.26. The first-order valence-electron chi connectivity index (χ1n) is 6.02. The summed E-state index contributed by atoms with van der Waals surface area (Å²) < 4.78 is 0. The van der Waals surface area contributed by atoms with Crippen LogP contribution in [0.4, 0.5) is 5.82 Å². The van der Waals surface area contributed by atoms with Crippen LogP contribution in [0.5, 0.6) is 0 Å². The maximum Gasteiger partial charge on any atom is 0.174 e. The Morgan fingerprint density at radius 3 is 2.67 bits per heavy atom. The molecule has 18 heavy (non-hydrogen) atoms. The van der Waals surface area contributed by atoms with Crippen molar-refractivity contribution in [3.63, 3.8) is 0 Å². The van der Waals surface area contributed by atoms with Crippen LogP contribution in [0.2, 0.25) is 0 Å². The van der Waals surface area contributed by atoms with Gasteiger partial charge in [0.1, 0.15) is 5.82 Å². The predicted octanol–water partition coefficient (Wildman–Crippen LogP) is 2.11. The van der Waals surface area contributed by atoms with Crippen LogP contribution >= 0.6 is 0 Å². The lowest BCUT2D eigenvalue weighted by Crippen LogP contribution is -2.42. The number of hydrogen-bond donors (Lipinski definition) is 2. The van der Waals surface area contributed by atoms with Crippen LogP contribution in [0.25, 0.3) is 0 Å². The van der Waals surface area contributed by atoms with Gasteiger partial charge >= 0.3 is 0 Å².